The average molecular weight is 292 g/mol. The van der Waals surface area contributed by atoms with Crippen LogP contribution in [0.25, 0.3) is 0 Å². The maximum absolute atomic E-state index is 5.92. The largest absolute Gasteiger partial charge is 0.455 e. The van der Waals surface area contributed by atoms with Crippen molar-refractivity contribution in [1.82, 2.24) is 0 Å². The smallest absolute Gasteiger partial charge is 0.153 e. The summed E-state index contributed by atoms with van der Waals surface area (Å²) < 4.78 is 6.89. The number of para-hydroxylation sites is 1. The molecule has 3 heteroatoms. The first-order valence-electron chi connectivity index (χ1n) is 5.37. The van der Waals surface area contributed by atoms with E-state index < -0.39 is 0 Å². The molecule has 17 heavy (non-hydrogen) atoms. The van der Waals surface area contributed by atoms with Crippen LogP contribution in [0.1, 0.15) is 11.1 Å². The van der Waals surface area contributed by atoms with E-state index in [9.17, 15) is 0 Å². The van der Waals surface area contributed by atoms with Crippen LogP contribution in [0.2, 0.25) is 0 Å². The normalized spacial score (nSPS) is 10.3. The van der Waals surface area contributed by atoms with Gasteiger partial charge < -0.3 is 10.5 Å². The Kier molecular flexibility index (Phi) is 3.38. The maximum atomic E-state index is 5.92. The Hall–Kier alpha value is -1.48. The van der Waals surface area contributed by atoms with E-state index >= 15 is 0 Å². The second-order valence-electron chi connectivity index (χ2n) is 4.01. The second-order valence-corrected chi connectivity index (χ2v) is 4.92. The fourth-order valence-corrected chi connectivity index (χ4v) is 1.95. The molecule has 0 unspecified atom stereocenters. The average Bonchev–Trinajstić information content (AvgIpc) is 2.28. The van der Waals surface area contributed by atoms with E-state index in [0.717, 1.165) is 27.1 Å². The molecule has 2 nitrogen and oxygen atoms in total. The van der Waals surface area contributed by atoms with E-state index in [1.165, 1.54) is 0 Å². The summed E-state index contributed by atoms with van der Waals surface area (Å²) in [7, 11) is 0. The third-order valence-corrected chi connectivity index (χ3v) is 3.10. The highest BCUT2D eigenvalue weighted by molar-refractivity contribution is 9.10. The van der Waals surface area contributed by atoms with Gasteiger partial charge in [-0.3, -0.25) is 0 Å². The summed E-state index contributed by atoms with van der Waals surface area (Å²) >= 11 is 3.44. The molecule has 0 spiro atoms. The standard InChI is InChI=1S/C14H14BrNO/c1-9-6-7-11(15)8-13(9)17-14-10(2)4-3-5-12(14)16/h3-8H,16H2,1-2H3. The lowest BCUT2D eigenvalue weighted by atomic mass is 10.2. The Morgan fingerprint density at radius 1 is 1.06 bits per heavy atom. The molecule has 0 saturated heterocycles. The summed E-state index contributed by atoms with van der Waals surface area (Å²) in [4.78, 5) is 0. The Bertz CT molecular complexity index is 532. The van der Waals surface area contributed by atoms with Crippen LogP contribution in [0.4, 0.5) is 5.69 Å². The molecule has 2 N–H and O–H groups in total. The minimum atomic E-state index is 0.657. The van der Waals surface area contributed by atoms with Gasteiger partial charge >= 0.3 is 0 Å². The number of ether oxygens (including phenoxy) is 1. The molecular weight excluding hydrogens is 278 g/mol. The number of nitrogens with two attached hydrogens (primary N) is 1. The van der Waals surface area contributed by atoms with Gasteiger partial charge in [0, 0.05) is 4.47 Å². The summed E-state index contributed by atoms with van der Waals surface area (Å²) in [5.41, 5.74) is 8.69. The lowest BCUT2D eigenvalue weighted by Gasteiger charge is -2.13. The second kappa shape index (κ2) is 4.80. The van der Waals surface area contributed by atoms with Crippen LogP contribution >= 0.6 is 15.9 Å². The highest BCUT2D eigenvalue weighted by Gasteiger charge is 2.07. The number of hydrogen-bond donors (Lipinski definition) is 1. The first-order valence-corrected chi connectivity index (χ1v) is 6.16. The van der Waals surface area contributed by atoms with Crippen LogP contribution in [-0.2, 0) is 0 Å². The van der Waals surface area contributed by atoms with Gasteiger partial charge in [0.15, 0.2) is 5.75 Å². The van der Waals surface area contributed by atoms with E-state index in [-0.39, 0.29) is 0 Å². The summed E-state index contributed by atoms with van der Waals surface area (Å²) in [5, 5.41) is 0. The molecule has 88 valence electrons. The van der Waals surface area contributed by atoms with Gasteiger partial charge in [0.2, 0.25) is 0 Å². The van der Waals surface area contributed by atoms with Gasteiger partial charge in [-0.1, -0.05) is 34.1 Å². The number of rotatable bonds is 2. The van der Waals surface area contributed by atoms with Crippen molar-refractivity contribution in [2.75, 3.05) is 5.73 Å². The number of anilines is 1. The quantitative estimate of drug-likeness (QED) is 0.830. The van der Waals surface area contributed by atoms with Crippen molar-refractivity contribution in [1.29, 1.82) is 0 Å². The Morgan fingerprint density at radius 2 is 1.82 bits per heavy atom. The van der Waals surface area contributed by atoms with Gasteiger partial charge in [-0.2, -0.15) is 0 Å². The minimum absolute atomic E-state index is 0.657. The molecule has 2 aromatic rings. The zero-order chi connectivity index (χ0) is 12.4. The first kappa shape index (κ1) is 12.0. The van der Waals surface area contributed by atoms with Crippen molar-refractivity contribution in [2.24, 2.45) is 0 Å². The van der Waals surface area contributed by atoms with Crippen molar-refractivity contribution in [3.63, 3.8) is 0 Å². The third-order valence-electron chi connectivity index (χ3n) is 2.60. The van der Waals surface area contributed by atoms with Gasteiger partial charge in [0.25, 0.3) is 0 Å². The van der Waals surface area contributed by atoms with E-state index in [1.54, 1.807) is 0 Å². The Balaban J connectivity index is 2.41. The molecule has 0 bridgehead atoms. The number of hydrogen-bond acceptors (Lipinski definition) is 2. The molecule has 0 radical (unpaired) electrons. The monoisotopic (exact) mass is 291 g/mol. The number of aryl methyl sites for hydroxylation is 2. The predicted molar refractivity (Wildman–Crippen MR) is 74.5 cm³/mol. The van der Waals surface area contributed by atoms with E-state index in [4.69, 9.17) is 10.5 Å². The van der Waals surface area contributed by atoms with Crippen LogP contribution in [0, 0.1) is 13.8 Å². The molecule has 2 aromatic carbocycles. The summed E-state index contributed by atoms with van der Waals surface area (Å²) in [6, 6.07) is 11.7. The molecule has 0 saturated carbocycles. The fraction of sp³-hybridized carbons (Fsp3) is 0.143. The number of nitrogen functional groups attached to an aromatic ring is 1. The Labute approximate surface area is 110 Å². The fourth-order valence-electron chi connectivity index (χ4n) is 1.61. The van der Waals surface area contributed by atoms with Crippen LogP contribution in [0.5, 0.6) is 11.5 Å². The van der Waals surface area contributed by atoms with Gasteiger partial charge in [0.05, 0.1) is 5.69 Å². The van der Waals surface area contributed by atoms with Crippen molar-refractivity contribution >= 4 is 21.6 Å². The number of benzene rings is 2. The molecule has 0 aliphatic rings. The van der Waals surface area contributed by atoms with Crippen molar-refractivity contribution in [3.8, 4) is 11.5 Å². The predicted octanol–water partition coefficient (Wildman–Crippen LogP) is 4.44. The van der Waals surface area contributed by atoms with E-state index in [2.05, 4.69) is 15.9 Å². The van der Waals surface area contributed by atoms with Crippen molar-refractivity contribution < 1.29 is 4.74 Å². The number of halogens is 1. The molecule has 2 rings (SSSR count). The molecule has 0 fully saturated rings. The summed E-state index contributed by atoms with van der Waals surface area (Å²) in [5.74, 6) is 1.55. The van der Waals surface area contributed by atoms with E-state index in [0.29, 0.717) is 5.69 Å². The maximum Gasteiger partial charge on any atom is 0.153 e. The molecule has 0 aliphatic heterocycles. The van der Waals surface area contributed by atoms with Crippen molar-refractivity contribution in [3.05, 3.63) is 52.0 Å². The van der Waals surface area contributed by atoms with Gasteiger partial charge in [-0.15, -0.1) is 0 Å². The molecular formula is C14H14BrNO. The topological polar surface area (TPSA) is 35.2 Å². The molecule has 0 amide bonds. The minimum Gasteiger partial charge on any atom is -0.455 e. The van der Waals surface area contributed by atoms with Gasteiger partial charge in [-0.25, -0.2) is 0 Å². The summed E-state index contributed by atoms with van der Waals surface area (Å²) in [6.07, 6.45) is 0. The SMILES string of the molecule is Cc1ccc(Br)cc1Oc1c(C)cccc1N. The lowest BCUT2D eigenvalue weighted by Crippen LogP contribution is -1.95. The molecule has 0 aliphatic carbocycles. The van der Waals surface area contributed by atoms with Gasteiger partial charge in [0.1, 0.15) is 5.75 Å². The molecule has 0 heterocycles. The van der Waals surface area contributed by atoms with Gasteiger partial charge in [-0.05, 0) is 43.2 Å². The van der Waals surface area contributed by atoms with Crippen molar-refractivity contribution in [2.45, 2.75) is 13.8 Å². The highest BCUT2D eigenvalue weighted by atomic mass is 79.9. The van der Waals surface area contributed by atoms with Crippen LogP contribution in [0.3, 0.4) is 0 Å². The molecule has 0 atom stereocenters. The van der Waals surface area contributed by atoms with Crippen LogP contribution in [0.15, 0.2) is 40.9 Å². The third kappa shape index (κ3) is 2.61. The van der Waals surface area contributed by atoms with E-state index in [1.807, 2.05) is 50.2 Å². The van der Waals surface area contributed by atoms with Crippen LogP contribution in [-0.4, -0.2) is 0 Å². The summed E-state index contributed by atoms with van der Waals surface area (Å²) in [6.45, 7) is 4.00. The van der Waals surface area contributed by atoms with Crippen LogP contribution < -0.4 is 10.5 Å². The first-order chi connectivity index (χ1) is 8.08. The Morgan fingerprint density at radius 3 is 2.53 bits per heavy atom. The zero-order valence-electron chi connectivity index (χ0n) is 9.83. The lowest BCUT2D eigenvalue weighted by molar-refractivity contribution is 0.477. The highest BCUT2D eigenvalue weighted by Crippen LogP contribution is 2.33. The molecule has 0 aromatic heterocycles. The zero-order valence-corrected chi connectivity index (χ0v) is 11.4.